The Bertz CT molecular complexity index is 1140. The Hall–Kier alpha value is -2.78. The third-order valence-electron chi connectivity index (χ3n) is 4.22. The van der Waals surface area contributed by atoms with Gasteiger partial charge in [-0.05, 0) is 30.3 Å². The number of nitrogens with zero attached hydrogens (tertiary/aromatic N) is 2. The monoisotopic (exact) mass is 456 g/mol. The minimum atomic E-state index is -4.62. The minimum absolute atomic E-state index is 0.000981. The zero-order chi connectivity index (χ0) is 21.9. The van der Waals surface area contributed by atoms with E-state index in [0.717, 1.165) is 10.4 Å². The lowest BCUT2D eigenvalue weighted by Gasteiger charge is -2.26. The van der Waals surface area contributed by atoms with Crippen molar-refractivity contribution < 1.29 is 26.3 Å². The van der Waals surface area contributed by atoms with Gasteiger partial charge in [0.1, 0.15) is 5.75 Å². The summed E-state index contributed by atoms with van der Waals surface area (Å²) >= 11 is 6.02. The number of para-hydroxylation sites is 2. The molecule has 3 rings (SSSR count). The Balaban J connectivity index is 2.12. The van der Waals surface area contributed by atoms with Crippen LogP contribution in [0.2, 0.25) is 5.02 Å². The number of alkyl halides is 3. The summed E-state index contributed by atoms with van der Waals surface area (Å²) < 4.78 is 71.8. The highest BCUT2D eigenvalue weighted by atomic mass is 35.5. The van der Waals surface area contributed by atoms with Crippen molar-refractivity contribution in [2.75, 3.05) is 11.4 Å². The lowest BCUT2D eigenvalue weighted by molar-refractivity contribution is -0.137. The second-order valence-corrected chi connectivity index (χ2v) is 8.42. The number of pyridine rings is 1. The van der Waals surface area contributed by atoms with E-state index in [-0.39, 0.29) is 27.0 Å². The highest BCUT2D eigenvalue weighted by molar-refractivity contribution is 7.92. The summed E-state index contributed by atoms with van der Waals surface area (Å²) in [4.78, 5) is 3.77. The predicted molar refractivity (Wildman–Crippen MR) is 107 cm³/mol. The van der Waals surface area contributed by atoms with Crippen LogP contribution in [0.3, 0.4) is 0 Å². The van der Waals surface area contributed by atoms with Crippen molar-refractivity contribution in [1.29, 1.82) is 0 Å². The first kappa shape index (κ1) is 21.9. The molecule has 0 fully saturated rings. The van der Waals surface area contributed by atoms with E-state index in [1.807, 2.05) is 0 Å². The molecule has 2 aromatic carbocycles. The highest BCUT2D eigenvalue weighted by Gasteiger charge is 2.33. The van der Waals surface area contributed by atoms with Gasteiger partial charge in [-0.2, -0.15) is 13.2 Å². The third kappa shape index (κ3) is 4.52. The van der Waals surface area contributed by atoms with E-state index in [4.69, 9.17) is 16.3 Å². The minimum Gasteiger partial charge on any atom is -0.495 e. The van der Waals surface area contributed by atoms with Crippen molar-refractivity contribution in [3.05, 3.63) is 83.1 Å². The molecule has 0 bridgehead atoms. The number of benzene rings is 2. The summed E-state index contributed by atoms with van der Waals surface area (Å²) in [7, 11) is -2.72. The van der Waals surface area contributed by atoms with Crippen LogP contribution in [0, 0.1) is 0 Å². The maximum atomic E-state index is 13.4. The molecule has 30 heavy (non-hydrogen) atoms. The van der Waals surface area contributed by atoms with Crippen LogP contribution < -0.4 is 9.04 Å². The molecule has 0 radical (unpaired) electrons. The maximum absolute atomic E-state index is 13.4. The van der Waals surface area contributed by atoms with Gasteiger partial charge in [-0.15, -0.1) is 0 Å². The lowest BCUT2D eigenvalue weighted by Crippen LogP contribution is -2.31. The van der Waals surface area contributed by atoms with Gasteiger partial charge in [-0.3, -0.25) is 9.29 Å². The molecule has 0 aliphatic carbocycles. The number of ether oxygens (including phenoxy) is 1. The molecule has 10 heteroatoms. The second kappa shape index (κ2) is 8.53. The number of rotatable bonds is 6. The Kier molecular flexibility index (Phi) is 6.23. The van der Waals surface area contributed by atoms with E-state index in [9.17, 15) is 21.6 Å². The van der Waals surface area contributed by atoms with Crippen molar-refractivity contribution in [2.45, 2.75) is 17.6 Å². The molecule has 5 nitrogen and oxygen atoms in total. The van der Waals surface area contributed by atoms with Gasteiger partial charge in [0.25, 0.3) is 10.0 Å². The van der Waals surface area contributed by atoms with Gasteiger partial charge >= 0.3 is 6.18 Å². The molecule has 0 amide bonds. The van der Waals surface area contributed by atoms with Gasteiger partial charge in [-0.25, -0.2) is 8.42 Å². The van der Waals surface area contributed by atoms with Gasteiger partial charge in [0.05, 0.1) is 40.5 Å². The summed E-state index contributed by atoms with van der Waals surface area (Å²) in [6, 6.07) is 14.7. The fraction of sp³-hybridized carbons (Fsp3) is 0.150. The average Bonchev–Trinajstić information content (AvgIpc) is 2.72. The highest BCUT2D eigenvalue weighted by Crippen LogP contribution is 2.35. The number of aromatic nitrogens is 1. The van der Waals surface area contributed by atoms with E-state index >= 15 is 0 Å². The summed E-state index contributed by atoms with van der Waals surface area (Å²) in [6.07, 6.45) is -4.00. The van der Waals surface area contributed by atoms with Gasteiger partial charge < -0.3 is 4.74 Å². The first-order valence-electron chi connectivity index (χ1n) is 8.57. The van der Waals surface area contributed by atoms with Crippen molar-refractivity contribution >= 4 is 27.3 Å². The molecule has 0 unspecified atom stereocenters. The van der Waals surface area contributed by atoms with Crippen LogP contribution in [0.1, 0.15) is 11.3 Å². The molecule has 0 atom stereocenters. The van der Waals surface area contributed by atoms with Crippen LogP contribution in [0.5, 0.6) is 5.75 Å². The summed E-state index contributed by atoms with van der Waals surface area (Å²) in [5.41, 5.74) is -0.859. The van der Waals surface area contributed by atoms with E-state index in [2.05, 4.69) is 4.98 Å². The number of anilines is 1. The first-order chi connectivity index (χ1) is 14.1. The fourth-order valence-electron chi connectivity index (χ4n) is 2.73. The Morgan fingerprint density at radius 2 is 1.70 bits per heavy atom. The number of sulfonamides is 1. The predicted octanol–water partition coefficient (Wildman–Crippen LogP) is 5.16. The summed E-state index contributed by atoms with van der Waals surface area (Å²) in [5.74, 6) is 0.264. The summed E-state index contributed by atoms with van der Waals surface area (Å²) in [6.45, 7) is -0.394. The topological polar surface area (TPSA) is 59.5 Å². The average molecular weight is 457 g/mol. The Morgan fingerprint density at radius 1 is 1.07 bits per heavy atom. The molecular formula is C20H16ClF3N2O3S. The second-order valence-electron chi connectivity index (χ2n) is 6.15. The normalized spacial score (nSPS) is 11.9. The van der Waals surface area contributed by atoms with Gasteiger partial charge in [0.15, 0.2) is 0 Å². The molecule has 1 aromatic heterocycles. The SMILES string of the molecule is COc1ccccc1N(Cc1ncc(C(F)(F)F)cc1Cl)S(=O)(=O)c1ccccc1. The largest absolute Gasteiger partial charge is 0.495 e. The fourth-order valence-corrected chi connectivity index (χ4v) is 4.41. The zero-order valence-electron chi connectivity index (χ0n) is 15.6. The first-order valence-corrected chi connectivity index (χ1v) is 10.4. The Labute approximate surface area is 176 Å². The lowest BCUT2D eigenvalue weighted by atomic mass is 10.2. The number of halogens is 4. The van der Waals surface area contributed by atoms with Crippen LogP contribution in [-0.4, -0.2) is 20.5 Å². The molecule has 0 aliphatic rings. The van der Waals surface area contributed by atoms with Crippen molar-refractivity contribution in [3.8, 4) is 5.75 Å². The molecular weight excluding hydrogens is 441 g/mol. The van der Waals surface area contributed by atoms with Crippen molar-refractivity contribution in [3.63, 3.8) is 0 Å². The maximum Gasteiger partial charge on any atom is 0.417 e. The number of hydrogen-bond acceptors (Lipinski definition) is 4. The Morgan fingerprint density at radius 3 is 2.30 bits per heavy atom. The van der Waals surface area contributed by atoms with Crippen LogP contribution in [-0.2, 0) is 22.7 Å². The van der Waals surface area contributed by atoms with E-state index < -0.39 is 28.3 Å². The number of methoxy groups -OCH3 is 1. The van der Waals surface area contributed by atoms with E-state index in [0.29, 0.717) is 6.20 Å². The van der Waals surface area contributed by atoms with Gasteiger partial charge in [0.2, 0.25) is 0 Å². The summed E-state index contributed by atoms with van der Waals surface area (Å²) in [5, 5.41) is -0.298. The molecule has 1 heterocycles. The van der Waals surface area contributed by atoms with E-state index in [1.165, 1.54) is 25.3 Å². The van der Waals surface area contributed by atoms with Gasteiger partial charge in [-0.1, -0.05) is 41.9 Å². The van der Waals surface area contributed by atoms with Gasteiger partial charge in [0, 0.05) is 6.20 Å². The molecule has 0 saturated heterocycles. The number of hydrogen-bond donors (Lipinski definition) is 0. The molecule has 158 valence electrons. The third-order valence-corrected chi connectivity index (χ3v) is 6.32. The van der Waals surface area contributed by atoms with Crippen LogP contribution >= 0.6 is 11.6 Å². The molecule has 0 saturated carbocycles. The smallest absolute Gasteiger partial charge is 0.417 e. The van der Waals surface area contributed by atoms with Crippen LogP contribution in [0.25, 0.3) is 0 Å². The molecule has 0 aliphatic heterocycles. The van der Waals surface area contributed by atoms with Crippen LogP contribution in [0.15, 0.2) is 71.8 Å². The molecule has 0 spiro atoms. The van der Waals surface area contributed by atoms with Crippen molar-refractivity contribution in [1.82, 2.24) is 4.98 Å². The quantitative estimate of drug-likeness (QED) is 0.514. The molecule has 3 aromatic rings. The standard InChI is InChI=1S/C20H16ClF3N2O3S/c1-29-19-10-6-5-9-18(19)26(30(27,28)15-7-3-2-4-8-15)13-17-16(21)11-14(12-25-17)20(22,23)24/h2-12H,13H2,1H3. The zero-order valence-corrected chi connectivity index (χ0v) is 17.2. The van der Waals surface area contributed by atoms with E-state index in [1.54, 1.807) is 36.4 Å². The van der Waals surface area contributed by atoms with Crippen molar-refractivity contribution in [2.24, 2.45) is 0 Å². The molecule has 0 N–H and O–H groups in total. The van der Waals surface area contributed by atoms with Crippen LogP contribution in [0.4, 0.5) is 18.9 Å².